The van der Waals surface area contributed by atoms with Crippen LogP contribution >= 0.6 is 0 Å². The van der Waals surface area contributed by atoms with Gasteiger partial charge in [0.25, 0.3) is 0 Å². The minimum absolute atomic E-state index is 0.0856. The highest BCUT2D eigenvalue weighted by Gasteiger charge is 2.26. The first-order valence-electron chi connectivity index (χ1n) is 7.00. The van der Waals surface area contributed by atoms with E-state index in [4.69, 9.17) is 0 Å². The molecule has 1 amide bonds. The van der Waals surface area contributed by atoms with Crippen molar-refractivity contribution in [1.29, 1.82) is 0 Å². The molecule has 0 aromatic heterocycles. The van der Waals surface area contributed by atoms with Crippen molar-refractivity contribution in [1.82, 2.24) is 0 Å². The van der Waals surface area contributed by atoms with Crippen LogP contribution in [0.1, 0.15) is 16.7 Å². The summed E-state index contributed by atoms with van der Waals surface area (Å²) in [6, 6.07) is 11.3. The molecular weight excluding hydrogens is 264 g/mol. The first-order chi connectivity index (χ1) is 10.1. The van der Waals surface area contributed by atoms with E-state index in [1.807, 2.05) is 37.3 Å². The summed E-state index contributed by atoms with van der Waals surface area (Å²) in [7, 11) is 0. The molecule has 1 unspecified atom stereocenters. The van der Waals surface area contributed by atoms with Crippen molar-refractivity contribution >= 4 is 17.3 Å². The number of benzene rings is 2. The summed E-state index contributed by atoms with van der Waals surface area (Å²) < 4.78 is 0. The SMILES string of the molecule is Cc1ccc(NC(=O)C2Cc3ccccc3N2)c(C)c1O. The molecule has 0 saturated carbocycles. The molecule has 0 saturated heterocycles. The first kappa shape index (κ1) is 13.5. The van der Waals surface area contributed by atoms with Gasteiger partial charge in [-0.05, 0) is 37.1 Å². The number of aryl methyl sites for hydroxylation is 1. The fourth-order valence-electron chi connectivity index (χ4n) is 2.65. The maximum Gasteiger partial charge on any atom is 0.247 e. The van der Waals surface area contributed by atoms with Gasteiger partial charge < -0.3 is 15.7 Å². The van der Waals surface area contributed by atoms with Crippen molar-refractivity contribution in [3.05, 3.63) is 53.1 Å². The summed E-state index contributed by atoms with van der Waals surface area (Å²) in [5.41, 5.74) is 4.32. The van der Waals surface area contributed by atoms with Gasteiger partial charge in [-0.3, -0.25) is 4.79 Å². The molecular formula is C17H18N2O2. The van der Waals surface area contributed by atoms with Crippen molar-refractivity contribution in [2.75, 3.05) is 10.6 Å². The fourth-order valence-corrected chi connectivity index (χ4v) is 2.65. The highest BCUT2D eigenvalue weighted by Crippen LogP contribution is 2.29. The highest BCUT2D eigenvalue weighted by molar-refractivity contribution is 5.98. The van der Waals surface area contributed by atoms with E-state index in [1.165, 1.54) is 0 Å². The van der Waals surface area contributed by atoms with Gasteiger partial charge in [0, 0.05) is 23.4 Å². The Hall–Kier alpha value is -2.49. The Morgan fingerprint density at radius 2 is 2.00 bits per heavy atom. The van der Waals surface area contributed by atoms with Crippen molar-refractivity contribution in [3.8, 4) is 5.75 Å². The number of fused-ring (bicyclic) bond motifs is 1. The largest absolute Gasteiger partial charge is 0.507 e. The molecule has 0 spiro atoms. The lowest BCUT2D eigenvalue weighted by Gasteiger charge is -2.15. The molecule has 2 aromatic rings. The van der Waals surface area contributed by atoms with Gasteiger partial charge in [0.1, 0.15) is 11.8 Å². The Morgan fingerprint density at radius 1 is 1.24 bits per heavy atom. The Balaban J connectivity index is 1.76. The molecule has 1 aliphatic heterocycles. The summed E-state index contributed by atoms with van der Waals surface area (Å²) in [6.45, 7) is 3.64. The van der Waals surface area contributed by atoms with Crippen LogP contribution in [-0.4, -0.2) is 17.1 Å². The zero-order valence-corrected chi connectivity index (χ0v) is 12.1. The lowest BCUT2D eigenvalue weighted by molar-refractivity contribution is -0.116. The number of hydrogen-bond donors (Lipinski definition) is 3. The van der Waals surface area contributed by atoms with Gasteiger partial charge in [0.05, 0.1) is 0 Å². The minimum Gasteiger partial charge on any atom is -0.507 e. The summed E-state index contributed by atoms with van der Waals surface area (Å²) >= 11 is 0. The van der Waals surface area contributed by atoms with Gasteiger partial charge in [0.2, 0.25) is 5.91 Å². The molecule has 0 aliphatic carbocycles. The molecule has 0 bridgehead atoms. The Labute approximate surface area is 123 Å². The average Bonchev–Trinajstić information content (AvgIpc) is 2.92. The predicted molar refractivity (Wildman–Crippen MR) is 83.8 cm³/mol. The number of aromatic hydroxyl groups is 1. The van der Waals surface area contributed by atoms with E-state index < -0.39 is 0 Å². The van der Waals surface area contributed by atoms with E-state index in [0.717, 1.165) is 16.8 Å². The smallest absolute Gasteiger partial charge is 0.247 e. The number of carbonyl (C=O) groups is 1. The maximum absolute atomic E-state index is 12.4. The molecule has 2 aromatic carbocycles. The third-order valence-electron chi connectivity index (χ3n) is 3.98. The zero-order valence-electron chi connectivity index (χ0n) is 12.1. The standard InChI is InChI=1S/C17H18N2O2/c1-10-7-8-13(11(2)16(10)20)19-17(21)15-9-12-5-3-4-6-14(12)18-15/h3-8,15,18,20H,9H2,1-2H3,(H,19,21). The van der Waals surface area contributed by atoms with Crippen LogP contribution < -0.4 is 10.6 Å². The Bertz CT molecular complexity index is 685. The molecule has 21 heavy (non-hydrogen) atoms. The molecule has 1 aliphatic rings. The normalized spacial score (nSPS) is 16.2. The molecule has 1 heterocycles. The molecule has 0 fully saturated rings. The lowest BCUT2D eigenvalue weighted by Crippen LogP contribution is -2.33. The molecule has 4 nitrogen and oxygen atoms in total. The second kappa shape index (κ2) is 5.13. The second-order valence-electron chi connectivity index (χ2n) is 5.45. The number of phenols is 1. The van der Waals surface area contributed by atoms with Crippen LogP contribution in [0.2, 0.25) is 0 Å². The third-order valence-corrected chi connectivity index (χ3v) is 3.98. The number of hydrogen-bond acceptors (Lipinski definition) is 3. The van der Waals surface area contributed by atoms with Crippen LogP contribution in [0.15, 0.2) is 36.4 Å². The molecule has 3 N–H and O–H groups in total. The highest BCUT2D eigenvalue weighted by atomic mass is 16.3. The van der Waals surface area contributed by atoms with Crippen LogP contribution in [0.5, 0.6) is 5.75 Å². The molecule has 0 radical (unpaired) electrons. The van der Waals surface area contributed by atoms with Gasteiger partial charge in [-0.2, -0.15) is 0 Å². The van der Waals surface area contributed by atoms with Crippen LogP contribution in [0.25, 0.3) is 0 Å². The van der Waals surface area contributed by atoms with Crippen LogP contribution in [-0.2, 0) is 11.2 Å². The number of amides is 1. The van der Waals surface area contributed by atoms with Crippen molar-refractivity contribution < 1.29 is 9.90 Å². The number of phenolic OH excluding ortho intramolecular Hbond substituents is 1. The van der Waals surface area contributed by atoms with E-state index in [-0.39, 0.29) is 17.7 Å². The number of rotatable bonds is 2. The first-order valence-corrected chi connectivity index (χ1v) is 7.00. The maximum atomic E-state index is 12.4. The van der Waals surface area contributed by atoms with E-state index in [9.17, 15) is 9.90 Å². The van der Waals surface area contributed by atoms with Gasteiger partial charge in [-0.1, -0.05) is 24.3 Å². The summed E-state index contributed by atoms with van der Waals surface area (Å²) in [5.74, 6) is 0.146. The molecule has 108 valence electrons. The Morgan fingerprint density at radius 3 is 2.76 bits per heavy atom. The predicted octanol–water partition coefficient (Wildman–Crippen LogP) is 2.98. The monoisotopic (exact) mass is 282 g/mol. The van der Waals surface area contributed by atoms with Gasteiger partial charge >= 0.3 is 0 Å². The fraction of sp³-hybridized carbons (Fsp3) is 0.235. The zero-order chi connectivity index (χ0) is 15.0. The number of anilines is 2. The summed E-state index contributed by atoms with van der Waals surface area (Å²) in [6.07, 6.45) is 0.679. The topological polar surface area (TPSA) is 61.4 Å². The number of nitrogens with one attached hydrogen (secondary N) is 2. The van der Waals surface area contributed by atoms with Gasteiger partial charge in [0.15, 0.2) is 0 Å². The lowest BCUT2D eigenvalue weighted by atomic mass is 10.1. The number of para-hydroxylation sites is 1. The van der Waals surface area contributed by atoms with Gasteiger partial charge in [-0.15, -0.1) is 0 Å². The Kier molecular flexibility index (Phi) is 3.29. The van der Waals surface area contributed by atoms with Crippen LogP contribution in [0.3, 0.4) is 0 Å². The second-order valence-corrected chi connectivity index (χ2v) is 5.45. The van der Waals surface area contributed by atoms with Crippen molar-refractivity contribution in [2.24, 2.45) is 0 Å². The third kappa shape index (κ3) is 2.44. The molecule has 4 heteroatoms. The van der Waals surface area contributed by atoms with Crippen LogP contribution in [0, 0.1) is 13.8 Å². The average molecular weight is 282 g/mol. The minimum atomic E-state index is -0.273. The summed E-state index contributed by atoms with van der Waals surface area (Å²) in [5, 5.41) is 16.1. The molecule has 3 rings (SSSR count). The quantitative estimate of drug-likeness (QED) is 0.793. The van der Waals surface area contributed by atoms with E-state index in [0.29, 0.717) is 17.7 Å². The summed E-state index contributed by atoms with van der Waals surface area (Å²) in [4.78, 5) is 12.4. The van der Waals surface area contributed by atoms with Crippen molar-refractivity contribution in [2.45, 2.75) is 26.3 Å². The van der Waals surface area contributed by atoms with Crippen LogP contribution in [0.4, 0.5) is 11.4 Å². The number of carbonyl (C=O) groups excluding carboxylic acids is 1. The molecule has 1 atom stereocenters. The van der Waals surface area contributed by atoms with Crippen molar-refractivity contribution in [3.63, 3.8) is 0 Å². The van der Waals surface area contributed by atoms with Gasteiger partial charge in [-0.25, -0.2) is 0 Å². The van der Waals surface area contributed by atoms with E-state index >= 15 is 0 Å². The van der Waals surface area contributed by atoms with E-state index in [2.05, 4.69) is 10.6 Å². The van der Waals surface area contributed by atoms with E-state index in [1.54, 1.807) is 13.0 Å².